The molecule has 1 aromatic carbocycles. The predicted molar refractivity (Wildman–Crippen MR) is 64.7 cm³/mol. The molecule has 0 fully saturated rings. The molecule has 0 aromatic heterocycles. The molecule has 7 nitrogen and oxygen atoms in total. The van der Waals surface area contributed by atoms with Gasteiger partial charge in [-0.2, -0.15) is 5.26 Å². The Morgan fingerprint density at radius 1 is 1.53 bits per heavy atom. The van der Waals surface area contributed by atoms with Crippen LogP contribution >= 0.6 is 0 Å². The molecule has 0 spiro atoms. The van der Waals surface area contributed by atoms with E-state index in [0.717, 1.165) is 0 Å². The number of rotatable bonds is 5. The molecule has 0 N–H and O–H groups in total. The van der Waals surface area contributed by atoms with Gasteiger partial charge in [-0.25, -0.2) is 0 Å². The second-order valence-electron chi connectivity index (χ2n) is 3.50. The van der Waals surface area contributed by atoms with E-state index in [1.165, 1.54) is 19.2 Å². The first-order valence-electron chi connectivity index (χ1n) is 5.45. The van der Waals surface area contributed by atoms with Crippen molar-refractivity contribution in [2.24, 2.45) is 0 Å². The van der Waals surface area contributed by atoms with Gasteiger partial charge in [0.1, 0.15) is 11.6 Å². The molecule has 1 rings (SSSR count). The summed E-state index contributed by atoms with van der Waals surface area (Å²) in [7, 11) is 1.27. The van der Waals surface area contributed by atoms with Crippen molar-refractivity contribution in [3.05, 3.63) is 33.4 Å². The van der Waals surface area contributed by atoms with Gasteiger partial charge in [0.15, 0.2) is 5.75 Å². The van der Waals surface area contributed by atoms with Crippen LogP contribution in [-0.4, -0.2) is 24.6 Å². The van der Waals surface area contributed by atoms with Crippen LogP contribution in [0.3, 0.4) is 0 Å². The Kier molecular flexibility index (Phi) is 4.83. The van der Waals surface area contributed by atoms with E-state index < -0.39 is 16.6 Å². The van der Waals surface area contributed by atoms with Crippen molar-refractivity contribution in [3.63, 3.8) is 0 Å². The smallest absolute Gasteiger partial charge is 0.328 e. The van der Waals surface area contributed by atoms with Crippen molar-refractivity contribution in [1.29, 1.82) is 5.26 Å². The van der Waals surface area contributed by atoms with Crippen molar-refractivity contribution in [3.8, 4) is 11.8 Å². The monoisotopic (exact) mass is 264 g/mol. The fourth-order valence-electron chi connectivity index (χ4n) is 1.60. The molecule has 0 amide bonds. The van der Waals surface area contributed by atoms with E-state index in [-0.39, 0.29) is 29.9 Å². The number of hydrogen-bond donors (Lipinski definition) is 0. The number of benzene rings is 1. The summed E-state index contributed by atoms with van der Waals surface area (Å²) in [5.74, 6) is -0.562. The summed E-state index contributed by atoms with van der Waals surface area (Å²) in [6.07, 6.45) is -0.193. The minimum absolute atomic E-state index is 0.0193. The van der Waals surface area contributed by atoms with Crippen molar-refractivity contribution in [2.75, 3.05) is 13.7 Å². The summed E-state index contributed by atoms with van der Waals surface area (Å²) >= 11 is 0. The summed E-state index contributed by atoms with van der Waals surface area (Å²) in [6.45, 7) is 1.86. The first kappa shape index (κ1) is 14.4. The maximum atomic E-state index is 11.4. The van der Waals surface area contributed by atoms with Crippen molar-refractivity contribution < 1.29 is 19.2 Å². The summed E-state index contributed by atoms with van der Waals surface area (Å²) in [6, 6.07) is 4.54. The third-order valence-corrected chi connectivity index (χ3v) is 2.38. The number of nitro groups is 1. The van der Waals surface area contributed by atoms with Crippen LogP contribution in [0.2, 0.25) is 0 Å². The number of hydrogen-bond acceptors (Lipinski definition) is 6. The Labute approximate surface area is 109 Å². The van der Waals surface area contributed by atoms with E-state index in [4.69, 9.17) is 14.7 Å². The van der Waals surface area contributed by atoms with Crippen molar-refractivity contribution in [2.45, 2.75) is 13.3 Å². The van der Waals surface area contributed by atoms with Gasteiger partial charge in [-0.3, -0.25) is 14.9 Å². The number of nitriles is 1. The normalized spacial score (nSPS) is 9.53. The minimum Gasteiger partial charge on any atom is -0.490 e. The third kappa shape index (κ3) is 3.19. The number of ether oxygens (including phenoxy) is 2. The summed E-state index contributed by atoms with van der Waals surface area (Å²) in [5.41, 5.74) is -0.377. The van der Waals surface area contributed by atoms with Crippen molar-refractivity contribution in [1.82, 2.24) is 0 Å². The minimum atomic E-state index is -0.702. The second-order valence-corrected chi connectivity index (χ2v) is 3.50. The quantitative estimate of drug-likeness (QED) is 0.454. The summed E-state index contributed by atoms with van der Waals surface area (Å²) in [5, 5.41) is 20.0. The number of carbonyl (C=O) groups excluding carboxylic acids is 1. The van der Waals surface area contributed by atoms with Crippen LogP contribution in [0.15, 0.2) is 12.1 Å². The van der Waals surface area contributed by atoms with Gasteiger partial charge in [0.25, 0.3) is 0 Å². The van der Waals surface area contributed by atoms with Crippen LogP contribution in [0.1, 0.15) is 18.1 Å². The first-order valence-corrected chi connectivity index (χ1v) is 5.45. The van der Waals surface area contributed by atoms with E-state index in [9.17, 15) is 14.9 Å². The first-order chi connectivity index (χ1) is 9.04. The van der Waals surface area contributed by atoms with E-state index in [1.807, 2.05) is 0 Å². The lowest BCUT2D eigenvalue weighted by Gasteiger charge is -2.07. The number of nitro benzene ring substituents is 1. The van der Waals surface area contributed by atoms with Crippen LogP contribution < -0.4 is 4.74 Å². The molecule has 0 aliphatic carbocycles. The Morgan fingerprint density at radius 2 is 2.21 bits per heavy atom. The Bertz CT molecular complexity index is 548. The molecular formula is C12H12N2O5. The molecule has 0 unspecified atom stereocenters. The topological polar surface area (TPSA) is 102 Å². The van der Waals surface area contributed by atoms with Gasteiger partial charge in [0.2, 0.25) is 0 Å². The lowest BCUT2D eigenvalue weighted by atomic mass is 10.0. The van der Waals surface area contributed by atoms with Crippen molar-refractivity contribution >= 4 is 11.7 Å². The summed E-state index contributed by atoms with van der Waals surface area (Å²) in [4.78, 5) is 21.7. The highest BCUT2D eigenvalue weighted by Gasteiger charge is 2.25. The third-order valence-electron chi connectivity index (χ3n) is 2.38. The predicted octanol–water partition coefficient (Wildman–Crippen LogP) is 1.58. The van der Waals surface area contributed by atoms with Crippen LogP contribution in [0.5, 0.6) is 5.75 Å². The zero-order chi connectivity index (χ0) is 14.4. The Balaban J connectivity index is 3.28. The van der Waals surface area contributed by atoms with Crippen LogP contribution in [0.25, 0.3) is 0 Å². The van der Waals surface area contributed by atoms with Gasteiger partial charge >= 0.3 is 11.7 Å². The molecule has 7 heteroatoms. The van der Waals surface area contributed by atoms with E-state index >= 15 is 0 Å². The van der Waals surface area contributed by atoms with E-state index in [0.29, 0.717) is 0 Å². The molecule has 19 heavy (non-hydrogen) atoms. The SMILES string of the molecule is CCOC(=O)Cc1ccc(OC)c([N+](=O)[O-])c1C#N. The number of methoxy groups -OCH3 is 1. The molecular weight excluding hydrogens is 252 g/mol. The van der Waals surface area contributed by atoms with Gasteiger partial charge in [-0.15, -0.1) is 0 Å². The maximum absolute atomic E-state index is 11.4. The average molecular weight is 264 g/mol. The number of carbonyl (C=O) groups is 1. The van der Waals surface area contributed by atoms with Crippen LogP contribution in [0.4, 0.5) is 5.69 Å². The molecule has 100 valence electrons. The van der Waals surface area contributed by atoms with Gasteiger partial charge in [-0.1, -0.05) is 6.07 Å². The molecule has 1 aromatic rings. The Morgan fingerprint density at radius 3 is 2.68 bits per heavy atom. The van der Waals surface area contributed by atoms with Gasteiger partial charge < -0.3 is 9.47 Å². The molecule has 0 heterocycles. The fraction of sp³-hybridized carbons (Fsp3) is 0.333. The fourth-order valence-corrected chi connectivity index (χ4v) is 1.60. The second kappa shape index (κ2) is 6.35. The highest BCUT2D eigenvalue weighted by Crippen LogP contribution is 2.32. The molecule has 0 aliphatic heterocycles. The van der Waals surface area contributed by atoms with Crippen LogP contribution in [0, 0.1) is 21.4 Å². The molecule has 0 aliphatic rings. The highest BCUT2D eigenvalue weighted by molar-refractivity contribution is 5.75. The van der Waals surface area contributed by atoms with E-state index in [2.05, 4.69) is 0 Å². The number of nitrogens with zero attached hydrogens (tertiary/aromatic N) is 2. The molecule has 0 bridgehead atoms. The standard InChI is InChI=1S/C12H12N2O5/c1-3-19-11(15)6-8-4-5-10(18-2)12(14(16)17)9(8)7-13/h4-5H,3,6H2,1-2H3. The zero-order valence-corrected chi connectivity index (χ0v) is 10.5. The Hall–Kier alpha value is -2.62. The molecule has 0 saturated heterocycles. The summed E-state index contributed by atoms with van der Waals surface area (Å²) < 4.78 is 9.60. The van der Waals surface area contributed by atoms with Crippen LogP contribution in [-0.2, 0) is 16.0 Å². The van der Waals surface area contributed by atoms with Gasteiger partial charge in [0.05, 0.1) is 25.1 Å². The highest BCUT2D eigenvalue weighted by atomic mass is 16.6. The average Bonchev–Trinajstić information content (AvgIpc) is 2.38. The molecule has 0 radical (unpaired) electrons. The van der Waals surface area contributed by atoms with E-state index in [1.54, 1.807) is 13.0 Å². The number of esters is 1. The molecule has 0 saturated carbocycles. The van der Waals surface area contributed by atoms with Gasteiger partial charge in [0, 0.05) is 0 Å². The lowest BCUT2D eigenvalue weighted by molar-refractivity contribution is -0.386. The molecule has 0 atom stereocenters. The van der Waals surface area contributed by atoms with Gasteiger partial charge in [-0.05, 0) is 18.6 Å². The zero-order valence-electron chi connectivity index (χ0n) is 10.5. The maximum Gasteiger partial charge on any atom is 0.328 e. The lowest BCUT2D eigenvalue weighted by Crippen LogP contribution is -2.10. The largest absolute Gasteiger partial charge is 0.490 e.